The maximum absolute atomic E-state index is 2.49. The fraction of sp³-hybridized carbons (Fsp3) is 0.647. The average molecular weight is 243 g/mol. The van der Waals surface area contributed by atoms with Crippen molar-refractivity contribution < 1.29 is 0 Å². The van der Waals surface area contributed by atoms with Crippen LogP contribution in [0.1, 0.15) is 48.4 Å². The van der Waals surface area contributed by atoms with E-state index >= 15 is 0 Å². The van der Waals surface area contributed by atoms with Gasteiger partial charge in [-0.1, -0.05) is 19.1 Å². The lowest BCUT2D eigenvalue weighted by Crippen LogP contribution is -2.40. The number of benzene rings is 1. The molecule has 0 amide bonds. The van der Waals surface area contributed by atoms with Crippen LogP contribution >= 0.6 is 0 Å². The summed E-state index contributed by atoms with van der Waals surface area (Å²) in [7, 11) is 2.26. The smallest absolute Gasteiger partial charge is 0.00133 e. The Morgan fingerprint density at radius 2 is 1.89 bits per heavy atom. The van der Waals surface area contributed by atoms with Gasteiger partial charge in [0.05, 0.1) is 0 Å². The van der Waals surface area contributed by atoms with Gasteiger partial charge in [-0.05, 0) is 86.8 Å². The van der Waals surface area contributed by atoms with Crippen molar-refractivity contribution in [3.63, 3.8) is 0 Å². The van der Waals surface area contributed by atoms with Crippen LogP contribution < -0.4 is 0 Å². The third-order valence-electron chi connectivity index (χ3n) is 5.34. The number of hydrogen-bond donors (Lipinski definition) is 0. The second-order valence-electron chi connectivity index (χ2n) is 6.33. The van der Waals surface area contributed by atoms with E-state index in [2.05, 4.69) is 37.9 Å². The maximum atomic E-state index is 2.49. The van der Waals surface area contributed by atoms with Crippen LogP contribution in [-0.4, -0.2) is 25.0 Å². The Hall–Kier alpha value is -0.820. The highest BCUT2D eigenvalue weighted by atomic mass is 15.1. The first-order valence-electron chi connectivity index (χ1n) is 7.47. The molecule has 0 bridgehead atoms. The standard InChI is InChI=1S/C17H25N/c1-4-14-6-5-13(2)15-7-8-17(16(14)15)9-11-18(3)12-10-17/h5-6H,4,7-12H2,1-3H3. The largest absolute Gasteiger partial charge is 0.306 e. The molecule has 1 aliphatic heterocycles. The molecule has 1 aromatic carbocycles. The van der Waals surface area contributed by atoms with Gasteiger partial charge in [0.15, 0.2) is 0 Å². The van der Waals surface area contributed by atoms with Gasteiger partial charge in [0.25, 0.3) is 0 Å². The van der Waals surface area contributed by atoms with Crippen LogP contribution in [0.4, 0.5) is 0 Å². The lowest BCUT2D eigenvalue weighted by molar-refractivity contribution is 0.186. The van der Waals surface area contributed by atoms with Crippen molar-refractivity contribution in [3.8, 4) is 0 Å². The summed E-state index contributed by atoms with van der Waals surface area (Å²) in [4.78, 5) is 2.49. The summed E-state index contributed by atoms with van der Waals surface area (Å²) in [5, 5.41) is 0. The van der Waals surface area contributed by atoms with E-state index in [-0.39, 0.29) is 0 Å². The molecular formula is C17H25N. The van der Waals surface area contributed by atoms with Crippen molar-refractivity contribution in [1.82, 2.24) is 4.90 Å². The fourth-order valence-electron chi connectivity index (χ4n) is 4.11. The Morgan fingerprint density at radius 3 is 2.56 bits per heavy atom. The zero-order valence-corrected chi connectivity index (χ0v) is 12.1. The van der Waals surface area contributed by atoms with Gasteiger partial charge in [-0.15, -0.1) is 0 Å². The van der Waals surface area contributed by atoms with E-state index in [0.29, 0.717) is 5.41 Å². The third-order valence-corrected chi connectivity index (χ3v) is 5.34. The van der Waals surface area contributed by atoms with E-state index in [9.17, 15) is 0 Å². The van der Waals surface area contributed by atoms with E-state index in [1.165, 1.54) is 50.8 Å². The fourth-order valence-corrected chi connectivity index (χ4v) is 4.11. The molecule has 18 heavy (non-hydrogen) atoms. The second-order valence-corrected chi connectivity index (χ2v) is 6.33. The van der Waals surface area contributed by atoms with Crippen LogP contribution in [0.15, 0.2) is 12.1 Å². The molecule has 98 valence electrons. The summed E-state index contributed by atoms with van der Waals surface area (Å²) in [5.74, 6) is 0. The third kappa shape index (κ3) is 1.72. The van der Waals surface area contributed by atoms with Crippen molar-refractivity contribution in [1.29, 1.82) is 0 Å². The predicted molar refractivity (Wildman–Crippen MR) is 77.3 cm³/mol. The second kappa shape index (κ2) is 4.38. The first kappa shape index (κ1) is 12.2. The molecule has 3 rings (SSSR count). The Morgan fingerprint density at radius 1 is 1.17 bits per heavy atom. The molecule has 1 heterocycles. The van der Waals surface area contributed by atoms with E-state index in [0.717, 1.165) is 0 Å². The van der Waals surface area contributed by atoms with Gasteiger partial charge >= 0.3 is 0 Å². The molecule has 1 aromatic rings. The first-order valence-corrected chi connectivity index (χ1v) is 7.47. The molecule has 0 unspecified atom stereocenters. The quantitative estimate of drug-likeness (QED) is 0.730. The monoisotopic (exact) mass is 243 g/mol. The zero-order valence-electron chi connectivity index (χ0n) is 12.1. The van der Waals surface area contributed by atoms with Crippen molar-refractivity contribution in [2.45, 2.75) is 51.4 Å². The lowest BCUT2D eigenvalue weighted by Gasteiger charge is -2.39. The number of likely N-dealkylation sites (tertiary alicyclic amines) is 1. The van der Waals surface area contributed by atoms with E-state index < -0.39 is 0 Å². The molecule has 1 fully saturated rings. The first-order chi connectivity index (χ1) is 8.66. The zero-order chi connectivity index (χ0) is 12.8. The highest BCUT2D eigenvalue weighted by Gasteiger charge is 2.42. The summed E-state index contributed by atoms with van der Waals surface area (Å²) < 4.78 is 0. The lowest BCUT2D eigenvalue weighted by atomic mass is 9.72. The number of aryl methyl sites for hydroxylation is 2. The van der Waals surface area contributed by atoms with Crippen LogP contribution in [-0.2, 0) is 18.3 Å². The van der Waals surface area contributed by atoms with Crippen molar-refractivity contribution in [3.05, 3.63) is 34.4 Å². The Bertz CT molecular complexity index is 453. The number of hydrogen-bond acceptors (Lipinski definition) is 1. The van der Waals surface area contributed by atoms with E-state index in [1.54, 1.807) is 16.7 Å². The molecule has 1 heteroatoms. The van der Waals surface area contributed by atoms with E-state index in [1.807, 2.05) is 0 Å². The molecule has 2 aliphatic rings. The van der Waals surface area contributed by atoms with Gasteiger partial charge in [-0.25, -0.2) is 0 Å². The number of nitrogens with zero attached hydrogens (tertiary/aromatic N) is 1. The van der Waals surface area contributed by atoms with Crippen molar-refractivity contribution >= 4 is 0 Å². The van der Waals surface area contributed by atoms with Gasteiger partial charge in [-0.3, -0.25) is 0 Å². The van der Waals surface area contributed by atoms with Gasteiger partial charge < -0.3 is 4.90 Å². The highest BCUT2D eigenvalue weighted by Crippen LogP contribution is 2.48. The minimum Gasteiger partial charge on any atom is -0.306 e. The molecule has 1 aliphatic carbocycles. The number of piperidine rings is 1. The molecule has 1 nitrogen and oxygen atoms in total. The van der Waals surface area contributed by atoms with Gasteiger partial charge in [-0.2, -0.15) is 0 Å². The summed E-state index contributed by atoms with van der Waals surface area (Å²) >= 11 is 0. The van der Waals surface area contributed by atoms with Crippen LogP contribution in [0.3, 0.4) is 0 Å². The minimum absolute atomic E-state index is 0.527. The van der Waals surface area contributed by atoms with Crippen LogP contribution in [0, 0.1) is 6.92 Å². The highest BCUT2D eigenvalue weighted by molar-refractivity contribution is 5.49. The predicted octanol–water partition coefficient (Wildman–Crippen LogP) is 3.47. The summed E-state index contributed by atoms with van der Waals surface area (Å²) in [6, 6.07) is 4.73. The average Bonchev–Trinajstić information content (AvgIpc) is 2.75. The maximum Gasteiger partial charge on any atom is -0.00133 e. The summed E-state index contributed by atoms with van der Waals surface area (Å²) in [5.41, 5.74) is 7.13. The summed E-state index contributed by atoms with van der Waals surface area (Å²) in [6.45, 7) is 7.16. The number of rotatable bonds is 1. The van der Waals surface area contributed by atoms with Crippen LogP contribution in [0.2, 0.25) is 0 Å². The van der Waals surface area contributed by atoms with Crippen LogP contribution in [0.25, 0.3) is 0 Å². The molecule has 0 aromatic heterocycles. The van der Waals surface area contributed by atoms with E-state index in [4.69, 9.17) is 0 Å². The van der Waals surface area contributed by atoms with Gasteiger partial charge in [0.1, 0.15) is 0 Å². The topological polar surface area (TPSA) is 3.24 Å². The molecule has 0 atom stereocenters. The Balaban J connectivity index is 2.07. The molecule has 0 saturated carbocycles. The summed E-state index contributed by atoms with van der Waals surface area (Å²) in [6.07, 6.45) is 6.65. The van der Waals surface area contributed by atoms with Gasteiger partial charge in [0.2, 0.25) is 0 Å². The van der Waals surface area contributed by atoms with Crippen molar-refractivity contribution in [2.75, 3.05) is 20.1 Å². The molecular weight excluding hydrogens is 218 g/mol. The normalized spacial score (nSPS) is 22.4. The molecule has 0 N–H and O–H groups in total. The minimum atomic E-state index is 0.527. The Kier molecular flexibility index (Phi) is 2.97. The molecule has 0 radical (unpaired) electrons. The number of fused-ring (bicyclic) bond motifs is 2. The Labute approximate surface area is 111 Å². The van der Waals surface area contributed by atoms with Crippen LogP contribution in [0.5, 0.6) is 0 Å². The molecule has 1 saturated heterocycles. The SMILES string of the molecule is CCc1ccc(C)c2c1C1(CC2)CCN(C)CC1. The molecule has 1 spiro atoms. The van der Waals surface area contributed by atoms with Crippen molar-refractivity contribution in [2.24, 2.45) is 0 Å². The van der Waals surface area contributed by atoms with Gasteiger partial charge in [0, 0.05) is 0 Å².